The van der Waals surface area contributed by atoms with Crippen LogP contribution in [0.25, 0.3) is 16.5 Å². The lowest BCUT2D eigenvalue weighted by Crippen LogP contribution is -2.46. The molecular formula is C33H37FN6O. The summed E-state index contributed by atoms with van der Waals surface area (Å²) in [7, 11) is 0. The third-order valence-electron chi connectivity index (χ3n) is 8.08. The number of morpholine rings is 1. The van der Waals surface area contributed by atoms with Crippen molar-refractivity contribution in [2.24, 2.45) is 0 Å². The smallest absolute Gasteiger partial charge is 0.225 e. The molecule has 7 nitrogen and oxygen atoms in total. The summed E-state index contributed by atoms with van der Waals surface area (Å²) in [6.45, 7) is 14.3. The Hall–Kier alpha value is -4.01. The molecule has 3 heterocycles. The van der Waals surface area contributed by atoms with E-state index < -0.39 is 0 Å². The van der Waals surface area contributed by atoms with Gasteiger partial charge in [-0.15, -0.1) is 0 Å². The van der Waals surface area contributed by atoms with E-state index in [-0.39, 0.29) is 5.82 Å². The van der Waals surface area contributed by atoms with E-state index in [0.717, 1.165) is 85.2 Å². The molecule has 2 aliphatic heterocycles. The Bertz CT molecular complexity index is 1530. The summed E-state index contributed by atoms with van der Waals surface area (Å²) < 4.78 is 20.1. The molecule has 4 aromatic rings. The van der Waals surface area contributed by atoms with Gasteiger partial charge in [-0.2, -0.15) is 0 Å². The Morgan fingerprint density at radius 1 is 0.927 bits per heavy atom. The van der Waals surface area contributed by atoms with Crippen molar-refractivity contribution in [1.29, 1.82) is 0 Å². The first kappa shape index (κ1) is 27.2. The Morgan fingerprint density at radius 3 is 2.49 bits per heavy atom. The standard InChI is InChI=1S/C33H37FN6O/c1-3-38-12-14-40(15-13-38)33-35-11-10-28(37-33)21-25-8-9-32(31-7-5-4-6-30(25)31)36-24(2)26-20-27(34)23-29(22-26)39-16-18-41-19-17-39/h4-11,20,22-23,36H,2-3,12-19,21H2,1H3. The zero-order valence-corrected chi connectivity index (χ0v) is 23.7. The normalized spacial score (nSPS) is 16.2. The molecule has 3 aromatic carbocycles. The van der Waals surface area contributed by atoms with Gasteiger partial charge in [-0.05, 0) is 47.8 Å². The molecule has 2 aliphatic rings. The number of likely N-dealkylation sites (N-methyl/N-ethyl adjacent to an activating group) is 1. The number of anilines is 3. The summed E-state index contributed by atoms with van der Waals surface area (Å²) in [5, 5.41) is 5.70. The summed E-state index contributed by atoms with van der Waals surface area (Å²) in [5.41, 5.74) is 5.36. The summed E-state index contributed by atoms with van der Waals surface area (Å²) in [6, 6.07) is 19.7. The predicted molar refractivity (Wildman–Crippen MR) is 165 cm³/mol. The summed E-state index contributed by atoms with van der Waals surface area (Å²) in [4.78, 5) is 16.4. The van der Waals surface area contributed by atoms with Gasteiger partial charge in [0.1, 0.15) is 5.82 Å². The van der Waals surface area contributed by atoms with Crippen molar-refractivity contribution in [1.82, 2.24) is 14.9 Å². The van der Waals surface area contributed by atoms with Crippen LogP contribution in [0.2, 0.25) is 0 Å². The molecule has 0 radical (unpaired) electrons. The molecular weight excluding hydrogens is 515 g/mol. The lowest BCUT2D eigenvalue weighted by molar-refractivity contribution is 0.122. The monoisotopic (exact) mass is 552 g/mol. The van der Waals surface area contributed by atoms with E-state index in [2.05, 4.69) is 68.8 Å². The van der Waals surface area contributed by atoms with Crippen molar-refractivity contribution < 1.29 is 9.13 Å². The number of hydrogen-bond acceptors (Lipinski definition) is 7. The number of nitrogens with zero attached hydrogens (tertiary/aromatic N) is 5. The minimum absolute atomic E-state index is 0.274. The molecule has 0 bridgehead atoms. The van der Waals surface area contributed by atoms with Crippen molar-refractivity contribution >= 4 is 33.8 Å². The third-order valence-corrected chi connectivity index (χ3v) is 8.08. The average Bonchev–Trinajstić information content (AvgIpc) is 3.02. The van der Waals surface area contributed by atoms with Crippen LogP contribution in [0.15, 0.2) is 73.4 Å². The maximum atomic E-state index is 14.6. The van der Waals surface area contributed by atoms with Gasteiger partial charge >= 0.3 is 0 Å². The molecule has 41 heavy (non-hydrogen) atoms. The number of halogens is 1. The Kier molecular flexibility index (Phi) is 8.11. The van der Waals surface area contributed by atoms with Crippen molar-refractivity contribution in [3.63, 3.8) is 0 Å². The highest BCUT2D eigenvalue weighted by atomic mass is 19.1. The molecule has 0 spiro atoms. The van der Waals surface area contributed by atoms with E-state index in [1.807, 2.05) is 24.4 Å². The fourth-order valence-corrected chi connectivity index (χ4v) is 5.71. The molecule has 212 valence electrons. The van der Waals surface area contributed by atoms with E-state index >= 15 is 0 Å². The van der Waals surface area contributed by atoms with Crippen LogP contribution in [0.1, 0.15) is 23.7 Å². The van der Waals surface area contributed by atoms with Gasteiger partial charge in [0.05, 0.1) is 18.9 Å². The fourth-order valence-electron chi connectivity index (χ4n) is 5.71. The minimum Gasteiger partial charge on any atom is -0.378 e. The SMILES string of the molecule is C=C(Nc1ccc(Cc2ccnc(N3CCN(CC)CC3)n2)c2ccccc12)c1cc(F)cc(N2CCOCC2)c1. The van der Waals surface area contributed by atoms with E-state index in [4.69, 9.17) is 9.72 Å². The molecule has 2 saturated heterocycles. The first-order valence-corrected chi connectivity index (χ1v) is 14.5. The highest BCUT2D eigenvalue weighted by molar-refractivity contribution is 5.99. The first-order chi connectivity index (χ1) is 20.1. The van der Waals surface area contributed by atoms with E-state index in [1.165, 1.54) is 11.6 Å². The molecule has 8 heteroatoms. The maximum Gasteiger partial charge on any atom is 0.225 e. The zero-order chi connectivity index (χ0) is 28.2. The lowest BCUT2D eigenvalue weighted by Gasteiger charge is -2.34. The minimum atomic E-state index is -0.274. The van der Waals surface area contributed by atoms with Crippen LogP contribution in [-0.4, -0.2) is 73.9 Å². The number of nitrogens with one attached hydrogen (secondary N) is 1. The molecule has 1 aromatic heterocycles. The Morgan fingerprint density at radius 2 is 1.71 bits per heavy atom. The second-order valence-electron chi connectivity index (χ2n) is 10.7. The molecule has 0 atom stereocenters. The summed E-state index contributed by atoms with van der Waals surface area (Å²) >= 11 is 0. The highest BCUT2D eigenvalue weighted by Gasteiger charge is 2.19. The second kappa shape index (κ2) is 12.2. The second-order valence-corrected chi connectivity index (χ2v) is 10.7. The molecule has 0 aliphatic carbocycles. The number of benzene rings is 3. The molecule has 0 saturated carbocycles. The number of piperazine rings is 1. The van der Waals surface area contributed by atoms with Gasteiger partial charge in [0.25, 0.3) is 0 Å². The number of fused-ring (bicyclic) bond motifs is 1. The van der Waals surface area contributed by atoms with Gasteiger partial charge in [0.2, 0.25) is 5.95 Å². The van der Waals surface area contributed by atoms with Crippen molar-refractivity contribution in [3.05, 3.63) is 96.1 Å². The van der Waals surface area contributed by atoms with Gasteiger partial charge in [0, 0.05) is 79.9 Å². The van der Waals surface area contributed by atoms with Gasteiger partial charge in [-0.1, -0.05) is 43.8 Å². The summed E-state index contributed by atoms with van der Waals surface area (Å²) in [6.07, 6.45) is 2.58. The molecule has 6 rings (SSSR count). The number of rotatable bonds is 8. The molecule has 1 N–H and O–H groups in total. The Labute approximate surface area is 241 Å². The van der Waals surface area contributed by atoms with Crippen LogP contribution >= 0.6 is 0 Å². The van der Waals surface area contributed by atoms with Crippen molar-refractivity contribution in [3.8, 4) is 0 Å². The molecule has 2 fully saturated rings. The van der Waals surface area contributed by atoms with Gasteiger partial charge in [0.15, 0.2) is 0 Å². The summed E-state index contributed by atoms with van der Waals surface area (Å²) in [5.74, 6) is 0.535. The van der Waals surface area contributed by atoms with Gasteiger partial charge in [-0.3, -0.25) is 0 Å². The zero-order valence-electron chi connectivity index (χ0n) is 23.7. The molecule has 0 unspecified atom stereocenters. The van der Waals surface area contributed by atoms with Gasteiger partial charge < -0.3 is 24.8 Å². The number of hydrogen-bond donors (Lipinski definition) is 1. The molecule has 0 amide bonds. The van der Waals surface area contributed by atoms with Crippen LogP contribution in [-0.2, 0) is 11.2 Å². The lowest BCUT2D eigenvalue weighted by atomic mass is 9.99. The van der Waals surface area contributed by atoms with Crippen LogP contribution in [0.3, 0.4) is 0 Å². The predicted octanol–water partition coefficient (Wildman–Crippen LogP) is 5.42. The van der Waals surface area contributed by atoms with E-state index in [1.54, 1.807) is 6.07 Å². The topological polar surface area (TPSA) is 56.8 Å². The number of ether oxygens (including phenoxy) is 1. The quantitative estimate of drug-likeness (QED) is 0.313. The van der Waals surface area contributed by atoms with Crippen LogP contribution in [0, 0.1) is 5.82 Å². The van der Waals surface area contributed by atoms with Crippen LogP contribution in [0.5, 0.6) is 0 Å². The average molecular weight is 553 g/mol. The first-order valence-electron chi connectivity index (χ1n) is 14.5. The van der Waals surface area contributed by atoms with Crippen molar-refractivity contribution in [2.75, 3.05) is 74.1 Å². The van der Waals surface area contributed by atoms with E-state index in [0.29, 0.717) is 25.3 Å². The van der Waals surface area contributed by atoms with Gasteiger partial charge in [-0.25, -0.2) is 14.4 Å². The fraction of sp³-hybridized carbons (Fsp3) is 0.333. The number of aromatic nitrogens is 2. The van der Waals surface area contributed by atoms with E-state index in [9.17, 15) is 4.39 Å². The third kappa shape index (κ3) is 6.19. The maximum absolute atomic E-state index is 14.6. The largest absolute Gasteiger partial charge is 0.378 e. The van der Waals surface area contributed by atoms with Crippen LogP contribution < -0.4 is 15.1 Å². The van der Waals surface area contributed by atoms with Crippen molar-refractivity contribution in [2.45, 2.75) is 13.3 Å². The Balaban J connectivity index is 1.22. The van der Waals surface area contributed by atoms with Crippen LogP contribution in [0.4, 0.5) is 21.7 Å². The highest BCUT2D eigenvalue weighted by Crippen LogP contribution is 2.31.